The number of hydrogen-bond acceptors (Lipinski definition) is 4. The molecule has 18 heavy (non-hydrogen) atoms. The highest BCUT2D eigenvalue weighted by molar-refractivity contribution is 9.10. The van der Waals surface area contributed by atoms with E-state index in [0.29, 0.717) is 5.13 Å². The topological polar surface area (TPSA) is 67.6 Å². The van der Waals surface area contributed by atoms with Gasteiger partial charge in [-0.1, -0.05) is 27.3 Å². The lowest BCUT2D eigenvalue weighted by atomic mass is 10.2. The van der Waals surface area contributed by atoms with Gasteiger partial charge in [-0.05, 0) is 31.5 Å². The third kappa shape index (κ3) is 1.81. The van der Waals surface area contributed by atoms with E-state index in [1.165, 1.54) is 11.3 Å². The van der Waals surface area contributed by atoms with Gasteiger partial charge in [0.25, 0.3) is 0 Å². The molecule has 0 fully saturated rings. The molecule has 0 saturated carbocycles. The zero-order chi connectivity index (χ0) is 12.9. The second kappa shape index (κ2) is 4.07. The molecule has 2 aromatic heterocycles. The normalized spacial score (nSPS) is 11.3. The summed E-state index contributed by atoms with van der Waals surface area (Å²) in [6, 6.07) is 4.08. The Morgan fingerprint density at radius 1 is 1.28 bits per heavy atom. The van der Waals surface area contributed by atoms with E-state index in [-0.39, 0.29) is 0 Å². The third-order valence-electron chi connectivity index (χ3n) is 2.77. The first kappa shape index (κ1) is 11.7. The average molecular weight is 323 g/mol. The number of thiazole rings is 1. The molecule has 6 heteroatoms. The van der Waals surface area contributed by atoms with Gasteiger partial charge in [-0.25, -0.2) is 9.97 Å². The third-order valence-corrected chi connectivity index (χ3v) is 4.22. The monoisotopic (exact) mass is 322 g/mol. The van der Waals surface area contributed by atoms with Crippen molar-refractivity contribution in [3.63, 3.8) is 0 Å². The molecule has 0 radical (unpaired) electrons. The van der Waals surface area contributed by atoms with Crippen LogP contribution < -0.4 is 5.73 Å². The largest absolute Gasteiger partial charge is 0.375 e. The van der Waals surface area contributed by atoms with Crippen LogP contribution in [0.25, 0.3) is 21.7 Å². The summed E-state index contributed by atoms with van der Waals surface area (Å²) in [5, 5.41) is 0.570. The number of aromatic amines is 1. The lowest BCUT2D eigenvalue weighted by Crippen LogP contribution is -1.81. The van der Waals surface area contributed by atoms with Crippen LogP contribution in [0.1, 0.15) is 11.3 Å². The van der Waals surface area contributed by atoms with Crippen LogP contribution in [0.2, 0.25) is 0 Å². The average Bonchev–Trinajstić information content (AvgIpc) is 2.81. The summed E-state index contributed by atoms with van der Waals surface area (Å²) in [5.41, 5.74) is 9.77. The smallest absolute Gasteiger partial charge is 0.180 e. The van der Waals surface area contributed by atoms with Gasteiger partial charge < -0.3 is 10.7 Å². The Morgan fingerprint density at radius 3 is 2.72 bits per heavy atom. The number of nitrogen functional groups attached to an aromatic ring is 1. The highest BCUT2D eigenvalue weighted by Gasteiger charge is 2.13. The van der Waals surface area contributed by atoms with Gasteiger partial charge in [0.2, 0.25) is 0 Å². The van der Waals surface area contributed by atoms with Crippen LogP contribution in [-0.4, -0.2) is 15.0 Å². The van der Waals surface area contributed by atoms with Crippen molar-refractivity contribution in [3.05, 3.63) is 27.9 Å². The van der Waals surface area contributed by atoms with Gasteiger partial charge >= 0.3 is 0 Å². The molecule has 2 heterocycles. The number of benzene rings is 1. The summed E-state index contributed by atoms with van der Waals surface area (Å²) in [7, 11) is 0. The number of aryl methyl sites for hydroxylation is 2. The molecule has 0 aliphatic rings. The standard InChI is InChI=1S/C12H11BrN4S/c1-5-3-7(13)4-8-9(5)17-11(16-8)10-6(2)15-12(14)18-10/h3-4H,1-2H3,(H2,14,15)(H,16,17). The molecule has 0 spiro atoms. The Hall–Kier alpha value is -1.40. The fourth-order valence-corrected chi connectivity index (χ4v) is 3.34. The maximum atomic E-state index is 5.72. The van der Waals surface area contributed by atoms with E-state index in [2.05, 4.69) is 36.9 Å². The molecule has 0 amide bonds. The first-order valence-corrected chi connectivity index (χ1v) is 7.04. The number of hydrogen-bond donors (Lipinski definition) is 2. The van der Waals surface area contributed by atoms with Crippen LogP contribution in [0.3, 0.4) is 0 Å². The molecule has 3 N–H and O–H groups in total. The van der Waals surface area contributed by atoms with Gasteiger partial charge in [-0.2, -0.15) is 0 Å². The van der Waals surface area contributed by atoms with E-state index < -0.39 is 0 Å². The van der Waals surface area contributed by atoms with Gasteiger partial charge in [0.05, 0.1) is 21.6 Å². The van der Waals surface area contributed by atoms with Crippen LogP contribution in [0.15, 0.2) is 16.6 Å². The van der Waals surface area contributed by atoms with Crippen LogP contribution in [0, 0.1) is 13.8 Å². The van der Waals surface area contributed by atoms with Gasteiger partial charge in [-0.15, -0.1) is 0 Å². The number of aromatic nitrogens is 3. The lowest BCUT2D eigenvalue weighted by molar-refractivity contribution is 1.25. The quantitative estimate of drug-likeness (QED) is 0.718. The van der Waals surface area contributed by atoms with Crippen molar-refractivity contribution in [2.24, 2.45) is 0 Å². The van der Waals surface area contributed by atoms with Gasteiger partial charge in [-0.3, -0.25) is 0 Å². The number of halogens is 1. The Kier molecular flexibility index (Phi) is 2.64. The molecule has 0 saturated heterocycles. The van der Waals surface area contributed by atoms with Gasteiger partial charge in [0.1, 0.15) is 0 Å². The summed E-state index contributed by atoms with van der Waals surface area (Å²) in [6.45, 7) is 3.99. The minimum Gasteiger partial charge on any atom is -0.375 e. The molecule has 0 atom stereocenters. The second-order valence-electron chi connectivity index (χ2n) is 4.17. The number of nitrogens with two attached hydrogens (primary N) is 1. The number of imidazole rings is 1. The molecule has 92 valence electrons. The molecule has 1 aromatic carbocycles. The maximum absolute atomic E-state index is 5.72. The van der Waals surface area contributed by atoms with E-state index in [0.717, 1.165) is 37.5 Å². The van der Waals surface area contributed by atoms with E-state index >= 15 is 0 Å². The highest BCUT2D eigenvalue weighted by atomic mass is 79.9. The predicted octanol–water partition coefficient (Wildman–Crippen LogP) is 3.65. The zero-order valence-corrected chi connectivity index (χ0v) is 12.3. The van der Waals surface area contributed by atoms with E-state index in [1.54, 1.807) is 0 Å². The summed E-state index contributed by atoms with van der Waals surface area (Å²) in [4.78, 5) is 13.2. The van der Waals surface area contributed by atoms with Crippen molar-refractivity contribution in [1.82, 2.24) is 15.0 Å². The lowest BCUT2D eigenvalue weighted by Gasteiger charge is -1.94. The van der Waals surface area contributed by atoms with Crippen LogP contribution >= 0.6 is 27.3 Å². The second-order valence-corrected chi connectivity index (χ2v) is 6.12. The van der Waals surface area contributed by atoms with Crippen molar-refractivity contribution in [2.45, 2.75) is 13.8 Å². The minimum atomic E-state index is 0.570. The maximum Gasteiger partial charge on any atom is 0.180 e. The molecule has 0 aliphatic heterocycles. The predicted molar refractivity (Wildman–Crippen MR) is 78.8 cm³/mol. The van der Waals surface area contributed by atoms with Crippen LogP contribution in [0.5, 0.6) is 0 Å². The molecular formula is C12H11BrN4S. The molecule has 3 rings (SSSR count). The van der Waals surface area contributed by atoms with E-state index in [9.17, 15) is 0 Å². The number of anilines is 1. The Balaban J connectivity index is 2.25. The molecule has 0 unspecified atom stereocenters. The van der Waals surface area contributed by atoms with Crippen molar-refractivity contribution in [1.29, 1.82) is 0 Å². The number of nitrogens with zero attached hydrogens (tertiary/aromatic N) is 2. The highest BCUT2D eigenvalue weighted by Crippen LogP contribution is 2.32. The first-order chi connectivity index (χ1) is 8.54. The molecule has 4 nitrogen and oxygen atoms in total. The zero-order valence-electron chi connectivity index (χ0n) is 9.91. The summed E-state index contributed by atoms with van der Waals surface area (Å²) in [6.07, 6.45) is 0. The van der Waals surface area contributed by atoms with Crippen molar-refractivity contribution >= 4 is 43.4 Å². The molecular weight excluding hydrogens is 312 g/mol. The van der Waals surface area contributed by atoms with Gasteiger partial charge in [0, 0.05) is 4.47 Å². The van der Waals surface area contributed by atoms with E-state index in [1.807, 2.05) is 19.9 Å². The van der Waals surface area contributed by atoms with Crippen molar-refractivity contribution in [3.8, 4) is 10.7 Å². The molecule has 0 bridgehead atoms. The summed E-state index contributed by atoms with van der Waals surface area (Å²) >= 11 is 4.94. The van der Waals surface area contributed by atoms with Crippen molar-refractivity contribution < 1.29 is 0 Å². The number of fused-ring (bicyclic) bond motifs is 1. The van der Waals surface area contributed by atoms with Crippen LogP contribution in [0.4, 0.5) is 5.13 Å². The fourth-order valence-electron chi connectivity index (χ4n) is 1.99. The molecule has 0 aliphatic carbocycles. The Bertz CT molecular complexity index is 744. The van der Waals surface area contributed by atoms with Crippen LogP contribution in [-0.2, 0) is 0 Å². The number of rotatable bonds is 1. The fraction of sp³-hybridized carbons (Fsp3) is 0.167. The minimum absolute atomic E-state index is 0.570. The number of nitrogens with one attached hydrogen (secondary N) is 1. The first-order valence-electron chi connectivity index (χ1n) is 5.44. The Morgan fingerprint density at radius 2 is 2.06 bits per heavy atom. The molecule has 3 aromatic rings. The van der Waals surface area contributed by atoms with Gasteiger partial charge in [0.15, 0.2) is 11.0 Å². The van der Waals surface area contributed by atoms with E-state index in [4.69, 9.17) is 5.73 Å². The summed E-state index contributed by atoms with van der Waals surface area (Å²) in [5.74, 6) is 0.831. The van der Waals surface area contributed by atoms with Crippen molar-refractivity contribution in [2.75, 3.05) is 5.73 Å². The Labute approximate surface area is 116 Å². The number of H-pyrrole nitrogens is 1. The summed E-state index contributed by atoms with van der Waals surface area (Å²) < 4.78 is 1.04. The SMILES string of the molecule is Cc1nc(N)sc1-c1nc2c(C)cc(Br)cc2[nH]1.